The van der Waals surface area contributed by atoms with Crippen LogP contribution in [0, 0.1) is 5.41 Å². The molecule has 1 aliphatic heterocycles. The van der Waals surface area contributed by atoms with Crippen LogP contribution in [0.2, 0.25) is 0 Å². The fourth-order valence-corrected chi connectivity index (χ4v) is 3.49. The Morgan fingerprint density at radius 3 is 2.18 bits per heavy atom. The van der Waals surface area contributed by atoms with Crippen LogP contribution < -0.4 is 16.0 Å². The highest BCUT2D eigenvalue weighted by Gasteiger charge is 2.33. The minimum atomic E-state index is -0.506. The third-order valence-electron chi connectivity index (χ3n) is 5.78. The van der Waals surface area contributed by atoms with Crippen LogP contribution in [-0.2, 0) is 4.79 Å². The second kappa shape index (κ2) is 13.4. The number of nitrogens with one attached hydrogen (secondary N) is 1. The SMILES string of the molecule is CCC(CC)(CN)C(=O)Nc1ccc(N2CCC(N(C)C)CC2)cn1.Cl.Cl.Cl. The van der Waals surface area contributed by atoms with Gasteiger partial charge in [-0.05, 0) is 51.9 Å². The van der Waals surface area contributed by atoms with Crippen molar-refractivity contribution in [3.05, 3.63) is 18.3 Å². The van der Waals surface area contributed by atoms with Gasteiger partial charge >= 0.3 is 0 Å². The Hall–Kier alpha value is -0.790. The molecule has 0 bridgehead atoms. The first-order valence-electron chi connectivity index (χ1n) is 9.34. The van der Waals surface area contributed by atoms with Crippen LogP contribution in [0.1, 0.15) is 39.5 Å². The number of piperidine rings is 1. The van der Waals surface area contributed by atoms with Crippen molar-refractivity contribution in [3.8, 4) is 0 Å². The van der Waals surface area contributed by atoms with E-state index >= 15 is 0 Å². The van der Waals surface area contributed by atoms with Crippen LogP contribution in [0.15, 0.2) is 18.3 Å². The summed E-state index contributed by atoms with van der Waals surface area (Å²) in [5.74, 6) is 0.559. The van der Waals surface area contributed by atoms with Crippen LogP contribution in [0.5, 0.6) is 0 Å². The minimum absolute atomic E-state index is 0. The van der Waals surface area contributed by atoms with E-state index in [2.05, 4.69) is 34.2 Å². The molecule has 164 valence electrons. The number of nitrogens with two attached hydrogens (primary N) is 1. The van der Waals surface area contributed by atoms with Gasteiger partial charge in [-0.1, -0.05) is 13.8 Å². The third kappa shape index (κ3) is 6.92. The summed E-state index contributed by atoms with van der Waals surface area (Å²) in [5, 5.41) is 2.93. The average Bonchev–Trinajstić information content (AvgIpc) is 2.64. The lowest BCUT2D eigenvalue weighted by Crippen LogP contribution is -2.42. The van der Waals surface area contributed by atoms with E-state index in [-0.39, 0.29) is 43.1 Å². The summed E-state index contributed by atoms with van der Waals surface area (Å²) in [6.07, 6.45) is 5.64. The molecule has 0 unspecified atom stereocenters. The molecule has 1 aromatic heterocycles. The summed E-state index contributed by atoms with van der Waals surface area (Å²) in [4.78, 5) is 21.7. The molecule has 0 saturated carbocycles. The fourth-order valence-electron chi connectivity index (χ4n) is 3.49. The Morgan fingerprint density at radius 2 is 1.79 bits per heavy atom. The zero-order valence-electron chi connectivity index (χ0n) is 17.3. The number of anilines is 2. The van der Waals surface area contributed by atoms with E-state index in [1.165, 1.54) is 0 Å². The number of carbonyl (C=O) groups excluding carboxylic acids is 1. The zero-order chi connectivity index (χ0) is 18.4. The third-order valence-corrected chi connectivity index (χ3v) is 5.78. The van der Waals surface area contributed by atoms with Crippen LogP contribution in [0.3, 0.4) is 0 Å². The van der Waals surface area contributed by atoms with Gasteiger partial charge < -0.3 is 20.9 Å². The molecule has 0 aromatic carbocycles. The predicted molar refractivity (Wildman–Crippen MR) is 126 cm³/mol. The van der Waals surface area contributed by atoms with Gasteiger partial charge in [0.15, 0.2) is 0 Å². The first-order valence-corrected chi connectivity index (χ1v) is 9.34. The molecule has 1 amide bonds. The second-order valence-electron chi connectivity index (χ2n) is 7.23. The van der Waals surface area contributed by atoms with Gasteiger partial charge in [-0.2, -0.15) is 0 Å². The molecule has 1 aromatic rings. The van der Waals surface area contributed by atoms with Gasteiger partial charge in [0.2, 0.25) is 5.91 Å². The summed E-state index contributed by atoms with van der Waals surface area (Å²) >= 11 is 0. The summed E-state index contributed by atoms with van der Waals surface area (Å²) in [7, 11) is 4.29. The highest BCUT2D eigenvalue weighted by molar-refractivity contribution is 5.94. The van der Waals surface area contributed by atoms with Crippen molar-refractivity contribution >= 4 is 54.6 Å². The van der Waals surface area contributed by atoms with E-state index in [4.69, 9.17) is 5.73 Å². The van der Waals surface area contributed by atoms with Gasteiger partial charge in [0.1, 0.15) is 5.82 Å². The van der Waals surface area contributed by atoms with E-state index in [0.717, 1.165) is 44.5 Å². The number of hydrogen-bond acceptors (Lipinski definition) is 5. The monoisotopic (exact) mass is 455 g/mol. The number of hydrogen-bond donors (Lipinski definition) is 2. The van der Waals surface area contributed by atoms with E-state index in [0.29, 0.717) is 18.4 Å². The Morgan fingerprint density at radius 1 is 1.21 bits per heavy atom. The lowest BCUT2D eigenvalue weighted by Gasteiger charge is -2.36. The number of carbonyl (C=O) groups is 1. The molecule has 28 heavy (non-hydrogen) atoms. The summed E-state index contributed by atoms with van der Waals surface area (Å²) in [6, 6.07) is 4.59. The van der Waals surface area contributed by atoms with Gasteiger partial charge in [0, 0.05) is 25.7 Å². The number of halogens is 3. The maximum atomic E-state index is 12.6. The molecule has 2 heterocycles. The smallest absolute Gasteiger partial charge is 0.233 e. The van der Waals surface area contributed by atoms with Crippen molar-refractivity contribution in [1.82, 2.24) is 9.88 Å². The van der Waals surface area contributed by atoms with E-state index in [1.807, 2.05) is 32.2 Å². The first kappa shape index (κ1) is 29.4. The number of rotatable bonds is 7. The maximum absolute atomic E-state index is 12.6. The lowest BCUT2D eigenvalue weighted by atomic mass is 9.81. The molecular weight excluding hydrogens is 421 g/mol. The standard InChI is InChI=1S/C19H33N5O.3ClH/c1-5-19(6-2,14-20)18(25)22-17-8-7-16(13-21-17)24-11-9-15(10-12-24)23(3)4;;;/h7-8,13,15H,5-6,9-12,14,20H2,1-4H3,(H,21,22,25);3*1H. The second-order valence-corrected chi connectivity index (χ2v) is 7.23. The van der Waals surface area contributed by atoms with Gasteiger partial charge in [-0.3, -0.25) is 4.79 Å². The molecule has 1 saturated heterocycles. The Kier molecular flexibility index (Phi) is 14.1. The Bertz CT molecular complexity index is 551. The van der Waals surface area contributed by atoms with Crippen LogP contribution in [-0.4, -0.2) is 55.6 Å². The molecule has 1 aliphatic rings. The molecule has 0 radical (unpaired) electrons. The van der Waals surface area contributed by atoms with E-state index < -0.39 is 5.41 Å². The number of aromatic nitrogens is 1. The quantitative estimate of drug-likeness (QED) is 0.656. The normalized spacial score (nSPS) is 14.6. The molecule has 0 atom stereocenters. The van der Waals surface area contributed by atoms with E-state index in [1.54, 1.807) is 0 Å². The highest BCUT2D eigenvalue weighted by Crippen LogP contribution is 2.27. The van der Waals surface area contributed by atoms with Gasteiger partial charge in [0.05, 0.1) is 17.3 Å². The molecule has 2 rings (SSSR count). The predicted octanol–water partition coefficient (Wildman–Crippen LogP) is 3.58. The summed E-state index contributed by atoms with van der Waals surface area (Å²) in [6.45, 7) is 6.44. The first-order chi connectivity index (χ1) is 12.0. The number of nitrogens with zero attached hydrogens (tertiary/aromatic N) is 3. The fraction of sp³-hybridized carbons (Fsp3) is 0.684. The lowest BCUT2D eigenvalue weighted by molar-refractivity contribution is -0.125. The largest absolute Gasteiger partial charge is 0.370 e. The summed E-state index contributed by atoms with van der Waals surface area (Å²) in [5.41, 5.74) is 6.46. The molecular formula is C19H36Cl3N5O. The van der Waals surface area contributed by atoms with Crippen molar-refractivity contribution in [2.45, 2.75) is 45.6 Å². The number of amides is 1. The van der Waals surface area contributed by atoms with Gasteiger partial charge in [0.25, 0.3) is 0 Å². The van der Waals surface area contributed by atoms with Crippen molar-refractivity contribution in [2.24, 2.45) is 11.1 Å². The summed E-state index contributed by atoms with van der Waals surface area (Å²) < 4.78 is 0. The topological polar surface area (TPSA) is 74.5 Å². The molecule has 0 aliphatic carbocycles. The average molecular weight is 457 g/mol. The molecule has 3 N–H and O–H groups in total. The minimum Gasteiger partial charge on any atom is -0.370 e. The van der Waals surface area contributed by atoms with Crippen LogP contribution >= 0.6 is 37.2 Å². The van der Waals surface area contributed by atoms with E-state index in [9.17, 15) is 4.79 Å². The number of pyridine rings is 1. The van der Waals surface area contributed by atoms with Crippen LogP contribution in [0.4, 0.5) is 11.5 Å². The zero-order valence-corrected chi connectivity index (χ0v) is 19.8. The Labute approximate surface area is 188 Å². The van der Waals surface area contributed by atoms with Crippen molar-refractivity contribution < 1.29 is 4.79 Å². The molecule has 6 nitrogen and oxygen atoms in total. The molecule has 0 spiro atoms. The van der Waals surface area contributed by atoms with Crippen molar-refractivity contribution in [1.29, 1.82) is 0 Å². The highest BCUT2D eigenvalue weighted by atomic mass is 35.5. The van der Waals surface area contributed by atoms with Crippen molar-refractivity contribution in [2.75, 3.05) is 43.9 Å². The van der Waals surface area contributed by atoms with Crippen LogP contribution in [0.25, 0.3) is 0 Å². The van der Waals surface area contributed by atoms with Gasteiger partial charge in [-0.25, -0.2) is 4.98 Å². The molecule has 1 fully saturated rings. The molecule has 9 heteroatoms. The maximum Gasteiger partial charge on any atom is 0.233 e. The van der Waals surface area contributed by atoms with Crippen molar-refractivity contribution in [3.63, 3.8) is 0 Å². The Balaban J connectivity index is 0. The van der Waals surface area contributed by atoms with Gasteiger partial charge in [-0.15, -0.1) is 37.2 Å².